The van der Waals surface area contributed by atoms with Gasteiger partial charge in [0, 0.05) is 37.4 Å². The first-order valence-corrected chi connectivity index (χ1v) is 10.2. The van der Waals surface area contributed by atoms with Gasteiger partial charge in [-0.25, -0.2) is 5.01 Å². The summed E-state index contributed by atoms with van der Waals surface area (Å²) in [5.74, 6) is -0.719. The molecule has 1 aliphatic rings. The molecule has 32 heavy (non-hydrogen) atoms. The third-order valence-electron chi connectivity index (χ3n) is 5.41. The van der Waals surface area contributed by atoms with E-state index in [1.54, 1.807) is 11.1 Å². The Morgan fingerprint density at radius 1 is 1.00 bits per heavy atom. The molecule has 0 aliphatic carbocycles. The molecule has 158 valence electrons. The molecule has 2 unspecified atom stereocenters. The Morgan fingerprint density at radius 3 is 2.34 bits per heavy atom. The molecule has 2 aromatic carbocycles. The van der Waals surface area contributed by atoms with Crippen LogP contribution < -0.4 is 15.6 Å². The van der Waals surface area contributed by atoms with E-state index in [9.17, 15) is 10.5 Å². The summed E-state index contributed by atoms with van der Waals surface area (Å²) in [6.45, 7) is 0. The molecule has 0 saturated heterocycles. The Balaban J connectivity index is 1.72. The van der Waals surface area contributed by atoms with Gasteiger partial charge in [0.25, 0.3) is 0 Å². The van der Waals surface area contributed by atoms with E-state index in [2.05, 4.69) is 17.2 Å². The summed E-state index contributed by atoms with van der Waals surface area (Å²) >= 11 is 0. The lowest BCUT2D eigenvalue weighted by atomic mass is 9.96. The van der Waals surface area contributed by atoms with Crippen LogP contribution >= 0.6 is 0 Å². The minimum Gasteiger partial charge on any atom is -0.378 e. The predicted molar refractivity (Wildman–Crippen MR) is 127 cm³/mol. The summed E-state index contributed by atoms with van der Waals surface area (Å²) in [6, 6.07) is 25.8. The number of para-hydroxylation sites is 1. The number of allylic oxidation sites excluding steroid dienone is 1. The maximum Gasteiger partial charge on any atom is 0.127 e. The average Bonchev–Trinajstić information content (AvgIpc) is 3.42. The van der Waals surface area contributed by atoms with Gasteiger partial charge in [-0.2, -0.15) is 15.6 Å². The number of nitrogens with zero attached hydrogens (tertiary/aromatic N) is 6. The molecule has 0 radical (unpaired) electrons. The van der Waals surface area contributed by atoms with Gasteiger partial charge in [-0.15, -0.1) is 0 Å². The highest BCUT2D eigenvalue weighted by atomic mass is 15.5. The van der Waals surface area contributed by atoms with Crippen LogP contribution in [0.15, 0.2) is 83.6 Å². The number of benzene rings is 2. The molecule has 2 atom stereocenters. The molecule has 0 fully saturated rings. The van der Waals surface area contributed by atoms with Crippen molar-refractivity contribution in [1.82, 2.24) is 4.57 Å². The van der Waals surface area contributed by atoms with Crippen LogP contribution in [0.5, 0.6) is 0 Å². The smallest absolute Gasteiger partial charge is 0.127 e. The normalized spacial score (nSPS) is 18.1. The highest BCUT2D eigenvalue weighted by Crippen LogP contribution is 2.29. The van der Waals surface area contributed by atoms with E-state index in [0.29, 0.717) is 11.3 Å². The lowest BCUT2D eigenvalue weighted by molar-refractivity contribution is 0.624. The first-order valence-electron chi connectivity index (χ1n) is 10.2. The summed E-state index contributed by atoms with van der Waals surface area (Å²) in [4.78, 5) is 2.04. The largest absolute Gasteiger partial charge is 0.378 e. The minimum absolute atomic E-state index is 0.315. The van der Waals surface area contributed by atoms with Gasteiger partial charge in [-0.1, -0.05) is 18.2 Å². The first kappa shape index (κ1) is 20.9. The molecule has 2 heterocycles. The lowest BCUT2D eigenvalue weighted by Crippen LogP contribution is -2.40. The number of anilines is 2. The molecule has 0 saturated carbocycles. The highest BCUT2D eigenvalue weighted by Gasteiger charge is 2.37. The van der Waals surface area contributed by atoms with E-state index in [0.717, 1.165) is 22.8 Å². The Morgan fingerprint density at radius 2 is 1.72 bits per heavy atom. The Hall–Kier alpha value is -4.33. The van der Waals surface area contributed by atoms with Gasteiger partial charge in [0.15, 0.2) is 0 Å². The van der Waals surface area contributed by atoms with Crippen LogP contribution in [-0.2, 0) is 0 Å². The molecular weight excluding hydrogens is 398 g/mol. The van der Waals surface area contributed by atoms with Gasteiger partial charge < -0.3 is 15.2 Å². The number of hydrogen-bond donors (Lipinski definition) is 1. The SMILES string of the molecule is CN(C)c1ccc(-n2cccc2C=C(C#N)C2=NN(c3ccccc3)C(N)C2C#N)cc1. The maximum atomic E-state index is 9.92. The molecule has 0 spiro atoms. The Labute approximate surface area is 187 Å². The zero-order chi connectivity index (χ0) is 22.7. The zero-order valence-electron chi connectivity index (χ0n) is 17.9. The van der Waals surface area contributed by atoms with E-state index >= 15 is 0 Å². The molecule has 3 aromatic rings. The van der Waals surface area contributed by atoms with E-state index in [1.807, 2.05) is 96.5 Å². The number of rotatable bonds is 5. The number of hydrazone groups is 1. The van der Waals surface area contributed by atoms with Gasteiger partial charge in [0.05, 0.1) is 23.0 Å². The first-order chi connectivity index (χ1) is 15.5. The molecule has 1 aliphatic heterocycles. The van der Waals surface area contributed by atoms with E-state index < -0.39 is 12.1 Å². The van der Waals surface area contributed by atoms with Gasteiger partial charge in [-0.3, -0.25) is 0 Å². The molecule has 4 rings (SSSR count). The van der Waals surface area contributed by atoms with Crippen molar-refractivity contribution in [2.75, 3.05) is 24.0 Å². The fraction of sp³-hybridized carbons (Fsp3) is 0.160. The zero-order valence-corrected chi connectivity index (χ0v) is 17.9. The summed E-state index contributed by atoms with van der Waals surface area (Å²) in [5.41, 5.74) is 10.7. The van der Waals surface area contributed by atoms with Gasteiger partial charge in [-0.05, 0) is 54.6 Å². The third kappa shape index (κ3) is 3.85. The van der Waals surface area contributed by atoms with Crippen LogP contribution in [0.1, 0.15) is 5.69 Å². The Bertz CT molecular complexity index is 1240. The van der Waals surface area contributed by atoms with Crippen molar-refractivity contribution in [2.24, 2.45) is 16.8 Å². The number of nitriles is 2. The van der Waals surface area contributed by atoms with Crippen LogP contribution in [0, 0.1) is 28.6 Å². The van der Waals surface area contributed by atoms with Crippen LogP contribution in [0.2, 0.25) is 0 Å². The highest BCUT2D eigenvalue weighted by molar-refractivity contribution is 6.11. The van der Waals surface area contributed by atoms with Crippen molar-refractivity contribution in [1.29, 1.82) is 10.5 Å². The average molecular weight is 422 g/mol. The van der Waals surface area contributed by atoms with Gasteiger partial charge in [0.1, 0.15) is 18.2 Å². The fourth-order valence-electron chi connectivity index (χ4n) is 3.69. The topological polar surface area (TPSA) is 97.4 Å². The van der Waals surface area contributed by atoms with Crippen LogP contribution in [0.3, 0.4) is 0 Å². The maximum absolute atomic E-state index is 9.92. The van der Waals surface area contributed by atoms with Crippen molar-refractivity contribution >= 4 is 23.2 Å². The molecular formula is C25H23N7. The summed E-state index contributed by atoms with van der Waals surface area (Å²) in [6.07, 6.45) is 3.02. The third-order valence-corrected chi connectivity index (χ3v) is 5.41. The number of nitrogens with two attached hydrogens (primary N) is 1. The van der Waals surface area contributed by atoms with Crippen LogP contribution in [-0.4, -0.2) is 30.5 Å². The van der Waals surface area contributed by atoms with Crippen molar-refractivity contribution in [2.45, 2.75) is 6.17 Å². The standard InChI is InChI=1S/C25H23N7/c1-30(2)19-10-12-20(13-11-19)31-14-6-9-22(31)15-18(16-26)24-23(17-27)25(28)32(29-24)21-7-4-3-5-8-21/h3-15,23,25H,28H2,1-2H3. The second kappa shape index (κ2) is 8.81. The van der Waals surface area contributed by atoms with Crippen LogP contribution in [0.4, 0.5) is 11.4 Å². The van der Waals surface area contributed by atoms with Gasteiger partial charge >= 0.3 is 0 Å². The summed E-state index contributed by atoms with van der Waals surface area (Å²) in [7, 11) is 3.99. The quantitative estimate of drug-likeness (QED) is 0.633. The van der Waals surface area contributed by atoms with Crippen molar-refractivity contribution in [3.05, 3.63) is 84.2 Å². The van der Waals surface area contributed by atoms with Crippen molar-refractivity contribution in [3.8, 4) is 17.8 Å². The molecule has 7 heteroatoms. The van der Waals surface area contributed by atoms with E-state index in [1.165, 1.54) is 0 Å². The van der Waals surface area contributed by atoms with E-state index in [4.69, 9.17) is 5.73 Å². The minimum atomic E-state index is -0.719. The molecule has 2 N–H and O–H groups in total. The monoisotopic (exact) mass is 421 g/mol. The second-order valence-electron chi connectivity index (χ2n) is 7.65. The molecule has 0 bridgehead atoms. The van der Waals surface area contributed by atoms with Crippen molar-refractivity contribution in [3.63, 3.8) is 0 Å². The predicted octanol–water partition coefficient (Wildman–Crippen LogP) is 3.75. The van der Waals surface area contributed by atoms with E-state index in [-0.39, 0.29) is 0 Å². The van der Waals surface area contributed by atoms with Crippen LogP contribution in [0.25, 0.3) is 11.8 Å². The van der Waals surface area contributed by atoms with Gasteiger partial charge in [0.2, 0.25) is 0 Å². The second-order valence-corrected chi connectivity index (χ2v) is 7.65. The molecule has 0 amide bonds. The van der Waals surface area contributed by atoms with Crippen molar-refractivity contribution < 1.29 is 0 Å². The summed E-state index contributed by atoms with van der Waals surface area (Å²) < 4.78 is 1.99. The summed E-state index contributed by atoms with van der Waals surface area (Å²) in [5, 5.41) is 25.9. The molecule has 1 aromatic heterocycles. The number of hydrogen-bond acceptors (Lipinski definition) is 6. The fourth-order valence-corrected chi connectivity index (χ4v) is 3.69. The lowest BCUT2D eigenvalue weighted by Gasteiger charge is -2.21. The molecule has 7 nitrogen and oxygen atoms in total. The number of aromatic nitrogens is 1. The Kier molecular flexibility index (Phi) is 5.76.